The zero-order valence-corrected chi connectivity index (χ0v) is 12.6. The molecule has 1 fully saturated rings. The van der Waals surface area contributed by atoms with Crippen molar-refractivity contribution in [2.45, 2.75) is 39.5 Å². The molecule has 1 heterocycles. The van der Waals surface area contributed by atoms with Crippen LogP contribution in [0.3, 0.4) is 0 Å². The van der Waals surface area contributed by atoms with Gasteiger partial charge in [0.05, 0.1) is 0 Å². The topological polar surface area (TPSA) is 23.6 Å². The molecule has 0 amide bonds. The minimum atomic E-state index is -0.103. The van der Waals surface area contributed by atoms with Crippen LogP contribution in [-0.2, 0) is 4.79 Å². The van der Waals surface area contributed by atoms with Crippen LogP contribution in [0.25, 0.3) is 0 Å². The van der Waals surface area contributed by atoms with Crippen LogP contribution in [-0.4, -0.2) is 56.4 Å². The van der Waals surface area contributed by atoms with E-state index in [4.69, 9.17) is 0 Å². The lowest BCUT2D eigenvalue weighted by Crippen LogP contribution is -2.43. The molecule has 18 heavy (non-hydrogen) atoms. The minimum Gasteiger partial charge on any atom is -0.309 e. The second kappa shape index (κ2) is 7.25. The second-order valence-electron chi connectivity index (χ2n) is 6.17. The third kappa shape index (κ3) is 4.36. The molecule has 0 atom stereocenters. The summed E-state index contributed by atoms with van der Waals surface area (Å²) in [6.07, 6.45) is 5.68. The molecule has 0 aromatic heterocycles. The highest BCUT2D eigenvalue weighted by molar-refractivity contribution is 5.59. The molecule has 0 unspecified atom stereocenters. The number of rotatable bonds is 7. The van der Waals surface area contributed by atoms with E-state index in [-0.39, 0.29) is 5.41 Å². The van der Waals surface area contributed by atoms with Crippen LogP contribution in [0.1, 0.15) is 39.5 Å². The van der Waals surface area contributed by atoms with E-state index >= 15 is 0 Å². The lowest BCUT2D eigenvalue weighted by Gasteiger charge is -2.38. The first-order chi connectivity index (χ1) is 8.55. The van der Waals surface area contributed by atoms with Gasteiger partial charge in [0.25, 0.3) is 0 Å². The summed E-state index contributed by atoms with van der Waals surface area (Å²) < 4.78 is 0. The minimum absolute atomic E-state index is 0.103. The van der Waals surface area contributed by atoms with Crippen LogP contribution >= 0.6 is 0 Å². The van der Waals surface area contributed by atoms with Crippen molar-refractivity contribution < 1.29 is 4.79 Å². The van der Waals surface area contributed by atoms with Crippen LogP contribution in [0.15, 0.2) is 0 Å². The third-order valence-corrected chi connectivity index (χ3v) is 4.53. The molecule has 0 bridgehead atoms. The Morgan fingerprint density at radius 3 is 2.17 bits per heavy atom. The van der Waals surface area contributed by atoms with Crippen LogP contribution < -0.4 is 0 Å². The van der Waals surface area contributed by atoms with Gasteiger partial charge in [-0.2, -0.15) is 0 Å². The Labute approximate surface area is 113 Å². The van der Waals surface area contributed by atoms with Gasteiger partial charge in [-0.05, 0) is 58.8 Å². The standard InChI is InChI=1S/C15H30N2O/c1-5-15(6-2,13-18)12-17-9-7-14(8-10-17)11-16(3)4/h13-14H,5-12H2,1-4H3. The highest BCUT2D eigenvalue weighted by Crippen LogP contribution is 2.27. The van der Waals surface area contributed by atoms with Gasteiger partial charge >= 0.3 is 0 Å². The quantitative estimate of drug-likeness (QED) is 0.651. The summed E-state index contributed by atoms with van der Waals surface area (Å²) in [5, 5.41) is 0. The summed E-state index contributed by atoms with van der Waals surface area (Å²) in [5.41, 5.74) is -0.103. The zero-order chi connectivity index (χ0) is 13.6. The Hall–Kier alpha value is -0.410. The van der Waals surface area contributed by atoms with E-state index in [2.05, 4.69) is 37.7 Å². The Morgan fingerprint density at radius 1 is 1.22 bits per heavy atom. The Balaban J connectivity index is 2.41. The second-order valence-corrected chi connectivity index (χ2v) is 6.17. The number of hydrogen-bond acceptors (Lipinski definition) is 3. The molecule has 1 rings (SSSR count). The van der Waals surface area contributed by atoms with Crippen molar-refractivity contribution in [1.82, 2.24) is 9.80 Å². The highest BCUT2D eigenvalue weighted by Gasteiger charge is 2.30. The molecule has 3 heteroatoms. The van der Waals surface area contributed by atoms with Crippen molar-refractivity contribution in [2.75, 3.05) is 40.3 Å². The number of aldehydes is 1. The fraction of sp³-hybridized carbons (Fsp3) is 0.933. The number of hydrogen-bond donors (Lipinski definition) is 0. The molecule has 0 radical (unpaired) electrons. The lowest BCUT2D eigenvalue weighted by atomic mass is 9.82. The SMILES string of the molecule is CCC(C=O)(CC)CN1CCC(CN(C)C)CC1. The predicted octanol–water partition coefficient (Wildman–Crippen LogP) is 2.27. The molecule has 0 spiro atoms. The molecule has 1 aliphatic heterocycles. The largest absolute Gasteiger partial charge is 0.309 e. The average Bonchev–Trinajstić information content (AvgIpc) is 2.38. The number of likely N-dealkylation sites (tertiary alicyclic amines) is 1. The van der Waals surface area contributed by atoms with Gasteiger partial charge in [-0.25, -0.2) is 0 Å². The molecule has 3 nitrogen and oxygen atoms in total. The number of carbonyl (C=O) groups is 1. The fourth-order valence-electron chi connectivity index (χ4n) is 2.97. The molecule has 0 saturated carbocycles. The van der Waals surface area contributed by atoms with E-state index in [1.807, 2.05) is 0 Å². The predicted molar refractivity (Wildman–Crippen MR) is 76.8 cm³/mol. The van der Waals surface area contributed by atoms with Crippen molar-refractivity contribution in [3.8, 4) is 0 Å². The van der Waals surface area contributed by atoms with Crippen molar-refractivity contribution in [3.05, 3.63) is 0 Å². The van der Waals surface area contributed by atoms with Gasteiger partial charge in [-0.15, -0.1) is 0 Å². The Kier molecular flexibility index (Phi) is 6.30. The van der Waals surface area contributed by atoms with E-state index in [1.165, 1.54) is 25.7 Å². The lowest BCUT2D eigenvalue weighted by molar-refractivity contribution is -0.118. The Bertz CT molecular complexity index is 241. The molecule has 106 valence electrons. The first-order valence-electron chi connectivity index (χ1n) is 7.38. The maximum Gasteiger partial charge on any atom is 0.127 e. The summed E-state index contributed by atoms with van der Waals surface area (Å²) in [4.78, 5) is 16.1. The highest BCUT2D eigenvalue weighted by atomic mass is 16.1. The first-order valence-corrected chi connectivity index (χ1v) is 7.38. The molecule has 0 aliphatic carbocycles. The third-order valence-electron chi connectivity index (χ3n) is 4.53. The fourth-order valence-corrected chi connectivity index (χ4v) is 2.97. The van der Waals surface area contributed by atoms with Crippen LogP contribution in [0.2, 0.25) is 0 Å². The molecule has 0 aromatic carbocycles. The van der Waals surface area contributed by atoms with E-state index in [0.29, 0.717) is 0 Å². The molecular formula is C15H30N2O. The zero-order valence-electron chi connectivity index (χ0n) is 12.6. The number of nitrogens with zero attached hydrogens (tertiary/aromatic N) is 2. The van der Waals surface area contributed by atoms with Crippen molar-refractivity contribution in [2.24, 2.45) is 11.3 Å². The summed E-state index contributed by atoms with van der Waals surface area (Å²) in [7, 11) is 4.30. The van der Waals surface area contributed by atoms with Gasteiger partial charge in [-0.3, -0.25) is 0 Å². The first kappa shape index (κ1) is 15.6. The molecule has 1 aliphatic rings. The van der Waals surface area contributed by atoms with Gasteiger partial charge in [0, 0.05) is 18.5 Å². The molecule has 0 aromatic rings. The van der Waals surface area contributed by atoms with Gasteiger partial charge < -0.3 is 14.6 Å². The van der Waals surface area contributed by atoms with Crippen LogP contribution in [0, 0.1) is 11.3 Å². The number of carbonyl (C=O) groups excluding carboxylic acids is 1. The smallest absolute Gasteiger partial charge is 0.127 e. The van der Waals surface area contributed by atoms with E-state index in [9.17, 15) is 4.79 Å². The molecule has 1 saturated heterocycles. The van der Waals surface area contributed by atoms with E-state index < -0.39 is 0 Å². The summed E-state index contributed by atoms with van der Waals surface area (Å²) in [6, 6.07) is 0. The van der Waals surface area contributed by atoms with Gasteiger partial charge in [0.1, 0.15) is 6.29 Å². The molecular weight excluding hydrogens is 224 g/mol. The van der Waals surface area contributed by atoms with Crippen LogP contribution in [0.4, 0.5) is 0 Å². The summed E-state index contributed by atoms with van der Waals surface area (Å²) in [6.45, 7) is 8.75. The van der Waals surface area contributed by atoms with E-state index in [1.54, 1.807) is 0 Å². The van der Waals surface area contributed by atoms with Gasteiger partial charge in [0.15, 0.2) is 0 Å². The van der Waals surface area contributed by atoms with E-state index in [0.717, 1.165) is 38.4 Å². The summed E-state index contributed by atoms with van der Waals surface area (Å²) >= 11 is 0. The maximum absolute atomic E-state index is 11.3. The average molecular weight is 254 g/mol. The van der Waals surface area contributed by atoms with Crippen molar-refractivity contribution >= 4 is 6.29 Å². The van der Waals surface area contributed by atoms with Crippen molar-refractivity contribution in [3.63, 3.8) is 0 Å². The van der Waals surface area contributed by atoms with Crippen molar-refractivity contribution in [1.29, 1.82) is 0 Å². The normalized spacial score (nSPS) is 19.4. The van der Waals surface area contributed by atoms with Gasteiger partial charge in [0.2, 0.25) is 0 Å². The van der Waals surface area contributed by atoms with Gasteiger partial charge in [-0.1, -0.05) is 13.8 Å². The van der Waals surface area contributed by atoms with Crippen LogP contribution in [0.5, 0.6) is 0 Å². The summed E-state index contributed by atoms with van der Waals surface area (Å²) in [5.74, 6) is 0.838. The maximum atomic E-state index is 11.3. The Morgan fingerprint density at radius 2 is 1.78 bits per heavy atom. The molecule has 0 N–H and O–H groups in total. The number of piperidine rings is 1. The monoisotopic (exact) mass is 254 g/mol.